The number of halogens is 2. The molecule has 1 aromatic heterocycles. The van der Waals surface area contributed by atoms with E-state index in [1.54, 1.807) is 18.2 Å². The molecule has 1 aromatic carbocycles. The lowest BCUT2D eigenvalue weighted by Crippen LogP contribution is -1.96. The molecule has 0 aliphatic rings. The van der Waals surface area contributed by atoms with Crippen LogP contribution >= 0.6 is 35.0 Å². The van der Waals surface area contributed by atoms with Gasteiger partial charge < -0.3 is 9.15 Å². The van der Waals surface area contributed by atoms with Gasteiger partial charge in [-0.15, -0.1) is 10.2 Å². The molecule has 8 heteroatoms. The number of ether oxygens (including phenoxy) is 1. The van der Waals surface area contributed by atoms with E-state index in [0.29, 0.717) is 32.7 Å². The number of carbonyl (C=O) groups is 1. The zero-order valence-electron chi connectivity index (χ0n) is 10.4. The maximum atomic E-state index is 10.8. The number of thioether (sulfide) groups is 1. The molecule has 20 heavy (non-hydrogen) atoms. The normalized spacial score (nSPS) is 10.6. The molecule has 0 saturated heterocycles. The Morgan fingerprint density at radius 1 is 1.40 bits per heavy atom. The molecule has 0 aliphatic heterocycles. The van der Waals surface area contributed by atoms with Gasteiger partial charge in [-0.05, 0) is 25.1 Å². The lowest BCUT2D eigenvalue weighted by Gasteiger charge is -2.05. The van der Waals surface area contributed by atoms with E-state index in [0.717, 1.165) is 0 Å². The van der Waals surface area contributed by atoms with E-state index in [1.807, 2.05) is 0 Å². The third-order valence-corrected chi connectivity index (χ3v) is 3.59. The van der Waals surface area contributed by atoms with Crippen molar-refractivity contribution in [1.82, 2.24) is 10.2 Å². The Bertz CT molecular complexity index is 618. The Morgan fingerprint density at radius 3 is 2.90 bits per heavy atom. The molecule has 0 radical (unpaired) electrons. The molecule has 0 bridgehead atoms. The van der Waals surface area contributed by atoms with Crippen LogP contribution < -0.4 is 4.74 Å². The summed E-state index contributed by atoms with van der Waals surface area (Å²) in [5.74, 6) is 1.12. The largest absolute Gasteiger partial charge is 0.482 e. The molecular formula is C12H10Cl2N2O3S. The molecule has 0 unspecified atom stereocenters. The fourth-order valence-electron chi connectivity index (χ4n) is 1.25. The number of hydrogen-bond donors (Lipinski definition) is 0. The van der Waals surface area contributed by atoms with Crippen LogP contribution in [0.1, 0.15) is 12.8 Å². The van der Waals surface area contributed by atoms with E-state index in [2.05, 4.69) is 10.2 Å². The fourth-order valence-corrected chi connectivity index (χ4v) is 2.29. The van der Waals surface area contributed by atoms with Crippen LogP contribution in [0.2, 0.25) is 10.0 Å². The van der Waals surface area contributed by atoms with E-state index in [-0.39, 0.29) is 12.4 Å². The second kappa shape index (κ2) is 6.97. The summed E-state index contributed by atoms with van der Waals surface area (Å²) in [5.41, 5.74) is 0. The predicted octanol–water partition coefficient (Wildman–Crippen LogP) is 3.64. The highest BCUT2D eigenvalue weighted by molar-refractivity contribution is 7.99. The van der Waals surface area contributed by atoms with Crippen molar-refractivity contribution < 1.29 is 13.9 Å². The van der Waals surface area contributed by atoms with E-state index in [9.17, 15) is 4.79 Å². The maximum absolute atomic E-state index is 10.8. The third kappa shape index (κ3) is 4.40. The topological polar surface area (TPSA) is 65.2 Å². The van der Waals surface area contributed by atoms with Crippen LogP contribution in [0.25, 0.3) is 0 Å². The van der Waals surface area contributed by atoms with Crippen molar-refractivity contribution in [3.05, 3.63) is 34.1 Å². The molecule has 2 rings (SSSR count). The van der Waals surface area contributed by atoms with Gasteiger partial charge in [0.1, 0.15) is 11.5 Å². The monoisotopic (exact) mass is 332 g/mol. The Morgan fingerprint density at radius 2 is 2.20 bits per heavy atom. The van der Waals surface area contributed by atoms with Crippen LogP contribution in [0.3, 0.4) is 0 Å². The minimum absolute atomic E-state index is 0.0407. The minimum Gasteiger partial charge on any atom is -0.482 e. The quantitative estimate of drug-likeness (QED) is 0.752. The van der Waals surface area contributed by atoms with Crippen LogP contribution in [0.15, 0.2) is 27.8 Å². The van der Waals surface area contributed by atoms with Gasteiger partial charge in [-0.2, -0.15) is 0 Å². The lowest BCUT2D eigenvalue weighted by atomic mass is 10.3. The number of rotatable bonds is 6. The van der Waals surface area contributed by atoms with Crippen molar-refractivity contribution >= 4 is 40.7 Å². The van der Waals surface area contributed by atoms with E-state index >= 15 is 0 Å². The first kappa shape index (κ1) is 15.2. The Hall–Kier alpha value is -1.24. The number of nitrogens with zero attached hydrogens (tertiary/aromatic N) is 2. The van der Waals surface area contributed by atoms with E-state index in [4.69, 9.17) is 32.4 Å². The molecule has 0 atom stereocenters. The van der Waals surface area contributed by atoms with Crippen LogP contribution in [-0.4, -0.2) is 21.7 Å². The summed E-state index contributed by atoms with van der Waals surface area (Å²) in [7, 11) is 0. The molecule has 106 valence electrons. The van der Waals surface area contributed by atoms with Crippen LogP contribution in [-0.2, 0) is 11.4 Å². The SMILES string of the molecule is CC(=O)CSc1nnc(COc2ccc(Cl)cc2Cl)o1. The van der Waals surface area contributed by atoms with Gasteiger partial charge in [-0.3, -0.25) is 4.79 Å². The second-order valence-corrected chi connectivity index (χ2v) is 5.59. The molecule has 5 nitrogen and oxygen atoms in total. The van der Waals surface area contributed by atoms with Crippen LogP contribution in [0, 0.1) is 0 Å². The molecule has 0 N–H and O–H groups in total. The first-order chi connectivity index (χ1) is 9.54. The molecule has 1 heterocycles. The maximum Gasteiger partial charge on any atom is 0.277 e. The molecule has 0 fully saturated rings. The second-order valence-electron chi connectivity index (χ2n) is 3.82. The summed E-state index contributed by atoms with van der Waals surface area (Å²) in [6.45, 7) is 1.59. The first-order valence-electron chi connectivity index (χ1n) is 5.57. The number of benzene rings is 1. The zero-order chi connectivity index (χ0) is 14.5. The van der Waals surface area contributed by atoms with Gasteiger partial charge in [0.15, 0.2) is 6.61 Å². The number of aromatic nitrogens is 2. The molecule has 2 aromatic rings. The number of Topliss-reactive ketones (excluding diaryl/α,β-unsaturated/α-hetero) is 1. The van der Waals surface area contributed by atoms with Gasteiger partial charge in [0, 0.05) is 5.02 Å². The summed E-state index contributed by atoms with van der Waals surface area (Å²) >= 11 is 12.9. The molecule has 0 spiro atoms. The number of hydrogen-bond acceptors (Lipinski definition) is 6. The summed E-state index contributed by atoms with van der Waals surface area (Å²) in [4.78, 5) is 10.8. The number of ketones is 1. The highest BCUT2D eigenvalue weighted by Crippen LogP contribution is 2.28. The Kier molecular flexibility index (Phi) is 5.28. The van der Waals surface area contributed by atoms with E-state index in [1.165, 1.54) is 18.7 Å². The zero-order valence-corrected chi connectivity index (χ0v) is 12.8. The van der Waals surface area contributed by atoms with Gasteiger partial charge in [-0.25, -0.2) is 0 Å². The predicted molar refractivity (Wildman–Crippen MR) is 76.5 cm³/mol. The van der Waals surface area contributed by atoms with Gasteiger partial charge in [0.2, 0.25) is 0 Å². The third-order valence-electron chi connectivity index (χ3n) is 2.09. The van der Waals surface area contributed by atoms with Crippen molar-refractivity contribution in [1.29, 1.82) is 0 Å². The highest BCUT2D eigenvalue weighted by atomic mass is 35.5. The summed E-state index contributed by atoms with van der Waals surface area (Å²) in [6, 6.07) is 4.91. The molecular weight excluding hydrogens is 323 g/mol. The minimum atomic E-state index is 0.0407. The molecule has 0 amide bonds. The van der Waals surface area contributed by atoms with Gasteiger partial charge in [0.05, 0.1) is 10.8 Å². The standard InChI is InChI=1S/C12H10Cl2N2O3S/c1-7(17)6-20-12-16-15-11(19-12)5-18-10-3-2-8(13)4-9(10)14/h2-4H,5-6H2,1H3. The Labute approximate surface area is 129 Å². The van der Waals surface area contributed by atoms with Crippen molar-refractivity contribution in [2.75, 3.05) is 5.75 Å². The summed E-state index contributed by atoms with van der Waals surface area (Å²) in [6.07, 6.45) is 0. The molecule has 0 aliphatic carbocycles. The average Bonchev–Trinajstić information content (AvgIpc) is 2.83. The van der Waals surface area contributed by atoms with Gasteiger partial charge in [0.25, 0.3) is 11.1 Å². The van der Waals surface area contributed by atoms with Crippen molar-refractivity contribution in [3.8, 4) is 5.75 Å². The van der Waals surface area contributed by atoms with Gasteiger partial charge in [-0.1, -0.05) is 35.0 Å². The smallest absolute Gasteiger partial charge is 0.277 e. The van der Waals surface area contributed by atoms with Crippen LogP contribution in [0.4, 0.5) is 0 Å². The fraction of sp³-hybridized carbons (Fsp3) is 0.250. The van der Waals surface area contributed by atoms with Crippen molar-refractivity contribution in [2.45, 2.75) is 18.8 Å². The summed E-state index contributed by atoms with van der Waals surface area (Å²) < 4.78 is 10.8. The van der Waals surface area contributed by atoms with Gasteiger partial charge >= 0.3 is 0 Å². The van der Waals surface area contributed by atoms with Crippen molar-refractivity contribution in [3.63, 3.8) is 0 Å². The first-order valence-corrected chi connectivity index (χ1v) is 7.31. The summed E-state index contributed by atoms with van der Waals surface area (Å²) in [5, 5.41) is 8.88. The molecule has 0 saturated carbocycles. The van der Waals surface area contributed by atoms with Crippen LogP contribution in [0.5, 0.6) is 5.75 Å². The van der Waals surface area contributed by atoms with E-state index < -0.39 is 0 Å². The lowest BCUT2D eigenvalue weighted by molar-refractivity contribution is -0.114. The number of carbonyl (C=O) groups excluding carboxylic acids is 1. The highest BCUT2D eigenvalue weighted by Gasteiger charge is 2.09. The Balaban J connectivity index is 1.92. The average molecular weight is 333 g/mol. The van der Waals surface area contributed by atoms with Crippen molar-refractivity contribution in [2.24, 2.45) is 0 Å².